The summed E-state index contributed by atoms with van der Waals surface area (Å²) in [5, 5.41) is 3.23. The molecule has 2 fully saturated rings. The third-order valence-electron chi connectivity index (χ3n) is 2.93. The highest BCUT2D eigenvalue weighted by Gasteiger charge is 2.61. The van der Waals surface area contributed by atoms with Gasteiger partial charge in [0.1, 0.15) is 0 Å². The fourth-order valence-corrected chi connectivity index (χ4v) is 2.09. The Morgan fingerprint density at radius 3 is 3.18 bits per heavy atom. The summed E-state index contributed by atoms with van der Waals surface area (Å²) >= 11 is 0. The van der Waals surface area contributed by atoms with E-state index in [-0.39, 0.29) is 11.4 Å². The minimum Gasteiger partial charge on any atom is -0.469 e. The molecule has 0 aromatic carbocycles. The van der Waals surface area contributed by atoms with Crippen LogP contribution in [0.5, 0.6) is 0 Å². The number of hydrogen-bond donors (Lipinski definition) is 1. The molecule has 1 aliphatic heterocycles. The summed E-state index contributed by atoms with van der Waals surface area (Å²) in [7, 11) is 1.47. The molecule has 2 rings (SSSR count). The van der Waals surface area contributed by atoms with E-state index in [0.717, 1.165) is 25.9 Å². The fraction of sp³-hybridized carbons (Fsp3) is 0.875. The number of fused-ring (bicyclic) bond motifs is 1. The molecule has 11 heavy (non-hydrogen) atoms. The average Bonchev–Trinajstić information content (AvgIpc) is 2.78. The van der Waals surface area contributed by atoms with Crippen LogP contribution in [0.1, 0.15) is 12.8 Å². The third kappa shape index (κ3) is 0.872. The fourth-order valence-electron chi connectivity index (χ4n) is 2.09. The van der Waals surface area contributed by atoms with Crippen molar-refractivity contribution in [3.8, 4) is 0 Å². The van der Waals surface area contributed by atoms with Gasteiger partial charge in [-0.15, -0.1) is 0 Å². The van der Waals surface area contributed by atoms with Crippen molar-refractivity contribution in [3.05, 3.63) is 0 Å². The molecule has 0 amide bonds. The van der Waals surface area contributed by atoms with Gasteiger partial charge in [0.2, 0.25) is 0 Å². The Balaban J connectivity index is 2.07. The zero-order valence-electron chi connectivity index (χ0n) is 6.72. The zero-order chi connectivity index (χ0) is 7.90. The van der Waals surface area contributed by atoms with Gasteiger partial charge in [-0.05, 0) is 25.3 Å². The predicted molar refractivity (Wildman–Crippen MR) is 40.0 cm³/mol. The summed E-state index contributed by atoms with van der Waals surface area (Å²) < 4.78 is 4.76. The second-order valence-electron chi connectivity index (χ2n) is 3.51. The first-order valence-corrected chi connectivity index (χ1v) is 4.09. The van der Waals surface area contributed by atoms with Gasteiger partial charge >= 0.3 is 5.97 Å². The van der Waals surface area contributed by atoms with E-state index in [4.69, 9.17) is 4.74 Å². The van der Waals surface area contributed by atoms with Crippen molar-refractivity contribution in [1.29, 1.82) is 0 Å². The van der Waals surface area contributed by atoms with E-state index < -0.39 is 0 Å². The molecule has 1 aliphatic carbocycles. The lowest BCUT2D eigenvalue weighted by atomic mass is 9.99. The normalized spacial score (nSPS) is 41.0. The van der Waals surface area contributed by atoms with Crippen molar-refractivity contribution < 1.29 is 9.53 Å². The molecule has 3 heteroatoms. The van der Waals surface area contributed by atoms with Gasteiger partial charge in [-0.3, -0.25) is 4.79 Å². The molecule has 1 saturated heterocycles. The number of nitrogens with one attached hydrogen (secondary N) is 1. The van der Waals surface area contributed by atoms with Crippen LogP contribution in [0.2, 0.25) is 0 Å². The molecule has 0 aromatic rings. The minimum absolute atomic E-state index is 0.0188. The topological polar surface area (TPSA) is 38.3 Å². The molecule has 1 saturated carbocycles. The Kier molecular flexibility index (Phi) is 1.42. The van der Waals surface area contributed by atoms with Crippen molar-refractivity contribution in [3.63, 3.8) is 0 Å². The first kappa shape index (κ1) is 7.10. The second-order valence-corrected chi connectivity index (χ2v) is 3.51. The zero-order valence-corrected chi connectivity index (χ0v) is 6.72. The number of rotatable bonds is 1. The highest BCUT2D eigenvalue weighted by molar-refractivity contribution is 5.81. The monoisotopic (exact) mass is 155 g/mol. The average molecular weight is 155 g/mol. The highest BCUT2D eigenvalue weighted by Crippen LogP contribution is 2.56. The maximum atomic E-state index is 11.3. The van der Waals surface area contributed by atoms with Crippen LogP contribution in [-0.2, 0) is 9.53 Å². The second kappa shape index (κ2) is 2.21. The lowest BCUT2D eigenvalue weighted by Crippen LogP contribution is -2.37. The van der Waals surface area contributed by atoms with Gasteiger partial charge in [-0.2, -0.15) is 0 Å². The largest absolute Gasteiger partial charge is 0.469 e. The molecule has 0 bridgehead atoms. The Hall–Kier alpha value is -0.570. The SMILES string of the molecule is COC(=O)[C@]12CNCC[C@@H]1C2. The standard InChI is InChI=1S/C8H13NO2/c1-11-7(10)8-4-6(8)2-3-9-5-8/h6,9H,2-5H2,1H3/t6-,8-/m1/s1. The van der Waals surface area contributed by atoms with Crippen LogP contribution >= 0.6 is 0 Å². The third-order valence-corrected chi connectivity index (χ3v) is 2.93. The van der Waals surface area contributed by atoms with Gasteiger partial charge in [0, 0.05) is 6.54 Å². The Bertz CT molecular complexity index is 193. The van der Waals surface area contributed by atoms with E-state index in [1.54, 1.807) is 0 Å². The summed E-state index contributed by atoms with van der Waals surface area (Å²) in [6, 6.07) is 0. The lowest BCUT2D eigenvalue weighted by Gasteiger charge is -2.19. The van der Waals surface area contributed by atoms with Crippen LogP contribution in [0, 0.1) is 11.3 Å². The molecule has 0 unspecified atom stereocenters. The minimum atomic E-state index is -0.118. The van der Waals surface area contributed by atoms with Gasteiger partial charge in [-0.1, -0.05) is 0 Å². The van der Waals surface area contributed by atoms with E-state index in [0.29, 0.717) is 5.92 Å². The molecule has 3 nitrogen and oxygen atoms in total. The molecular weight excluding hydrogens is 142 g/mol. The van der Waals surface area contributed by atoms with Gasteiger partial charge in [0.05, 0.1) is 12.5 Å². The van der Waals surface area contributed by atoms with Crippen molar-refractivity contribution in [2.75, 3.05) is 20.2 Å². The first-order chi connectivity index (χ1) is 5.29. The van der Waals surface area contributed by atoms with Crippen molar-refractivity contribution in [2.24, 2.45) is 11.3 Å². The summed E-state index contributed by atoms with van der Waals surface area (Å²) in [6.45, 7) is 1.88. The Morgan fingerprint density at radius 2 is 2.55 bits per heavy atom. The smallest absolute Gasteiger partial charge is 0.313 e. The van der Waals surface area contributed by atoms with E-state index in [1.807, 2.05) is 0 Å². The van der Waals surface area contributed by atoms with Crippen LogP contribution in [0.15, 0.2) is 0 Å². The predicted octanol–water partition coefficient (Wildman–Crippen LogP) is 0.159. The molecule has 2 atom stereocenters. The molecular formula is C8H13NO2. The Morgan fingerprint density at radius 1 is 1.73 bits per heavy atom. The Labute approximate surface area is 66.1 Å². The number of hydrogen-bond acceptors (Lipinski definition) is 3. The summed E-state index contributed by atoms with van der Waals surface area (Å²) in [5.41, 5.74) is -0.118. The van der Waals surface area contributed by atoms with Gasteiger partial charge in [0.25, 0.3) is 0 Å². The summed E-state index contributed by atoms with van der Waals surface area (Å²) in [5.74, 6) is 0.589. The molecule has 0 radical (unpaired) electrons. The summed E-state index contributed by atoms with van der Waals surface area (Å²) in [6.07, 6.45) is 2.17. The van der Waals surface area contributed by atoms with Gasteiger partial charge in [-0.25, -0.2) is 0 Å². The quantitative estimate of drug-likeness (QED) is 0.548. The van der Waals surface area contributed by atoms with E-state index in [2.05, 4.69) is 5.32 Å². The molecule has 1 heterocycles. The van der Waals surface area contributed by atoms with Crippen LogP contribution in [0.3, 0.4) is 0 Å². The number of piperidine rings is 1. The first-order valence-electron chi connectivity index (χ1n) is 4.09. The number of carbonyl (C=O) groups excluding carboxylic acids is 1. The van der Waals surface area contributed by atoms with Crippen LogP contribution < -0.4 is 5.32 Å². The van der Waals surface area contributed by atoms with Crippen LogP contribution in [-0.4, -0.2) is 26.2 Å². The summed E-state index contributed by atoms with van der Waals surface area (Å²) in [4.78, 5) is 11.3. The van der Waals surface area contributed by atoms with E-state index >= 15 is 0 Å². The molecule has 0 spiro atoms. The maximum Gasteiger partial charge on any atom is 0.313 e. The van der Waals surface area contributed by atoms with Crippen LogP contribution in [0.25, 0.3) is 0 Å². The van der Waals surface area contributed by atoms with Crippen molar-refractivity contribution >= 4 is 5.97 Å². The van der Waals surface area contributed by atoms with Crippen molar-refractivity contribution in [1.82, 2.24) is 5.32 Å². The van der Waals surface area contributed by atoms with Crippen molar-refractivity contribution in [2.45, 2.75) is 12.8 Å². The molecule has 62 valence electrons. The number of methoxy groups -OCH3 is 1. The van der Waals surface area contributed by atoms with E-state index in [1.165, 1.54) is 7.11 Å². The lowest BCUT2D eigenvalue weighted by molar-refractivity contribution is -0.148. The van der Waals surface area contributed by atoms with E-state index in [9.17, 15) is 4.79 Å². The number of ether oxygens (including phenoxy) is 1. The van der Waals surface area contributed by atoms with Gasteiger partial charge < -0.3 is 10.1 Å². The molecule has 2 aliphatic rings. The van der Waals surface area contributed by atoms with Crippen LogP contribution in [0.4, 0.5) is 0 Å². The highest BCUT2D eigenvalue weighted by atomic mass is 16.5. The maximum absolute atomic E-state index is 11.3. The van der Waals surface area contributed by atoms with Gasteiger partial charge in [0.15, 0.2) is 0 Å². The number of esters is 1. The molecule has 0 aromatic heterocycles. The number of carbonyl (C=O) groups is 1. The molecule has 1 N–H and O–H groups in total.